The number of nitrogen functional groups attached to an aromatic ring is 1. The average molecular weight is 207 g/mol. The second-order valence-electron chi connectivity index (χ2n) is 4.78. The van der Waals surface area contributed by atoms with Gasteiger partial charge < -0.3 is 10.6 Å². The molecule has 1 aromatic heterocycles. The zero-order chi connectivity index (χ0) is 11.6. The summed E-state index contributed by atoms with van der Waals surface area (Å²) < 4.78 is 0. The van der Waals surface area contributed by atoms with Crippen LogP contribution >= 0.6 is 0 Å². The fourth-order valence-corrected chi connectivity index (χ4v) is 1.71. The summed E-state index contributed by atoms with van der Waals surface area (Å²) in [7, 11) is 0. The Morgan fingerprint density at radius 1 is 1.40 bits per heavy atom. The van der Waals surface area contributed by atoms with Gasteiger partial charge in [-0.15, -0.1) is 0 Å². The van der Waals surface area contributed by atoms with Crippen LogP contribution in [0.2, 0.25) is 0 Å². The molecule has 0 unspecified atom stereocenters. The molecule has 1 heterocycles. The number of rotatable bonds is 2. The topological polar surface area (TPSA) is 42.2 Å². The molecule has 0 bridgehead atoms. The summed E-state index contributed by atoms with van der Waals surface area (Å²) in [6, 6.07) is 1.94. The van der Waals surface area contributed by atoms with Gasteiger partial charge in [-0.1, -0.05) is 0 Å². The third-order valence-electron chi connectivity index (χ3n) is 2.57. The van der Waals surface area contributed by atoms with E-state index in [1.807, 2.05) is 19.2 Å². The predicted octanol–water partition coefficient (Wildman–Crippen LogP) is 2.60. The van der Waals surface area contributed by atoms with Crippen molar-refractivity contribution in [2.45, 2.75) is 40.2 Å². The molecule has 3 heteroatoms. The summed E-state index contributed by atoms with van der Waals surface area (Å²) in [6.45, 7) is 11.5. The molecule has 0 aliphatic heterocycles. The lowest BCUT2D eigenvalue weighted by Gasteiger charge is -2.36. The summed E-state index contributed by atoms with van der Waals surface area (Å²) in [6.07, 6.45) is 1.81. The van der Waals surface area contributed by atoms with Crippen molar-refractivity contribution in [1.82, 2.24) is 4.98 Å². The molecule has 0 fully saturated rings. The van der Waals surface area contributed by atoms with Crippen LogP contribution in [-0.2, 0) is 0 Å². The van der Waals surface area contributed by atoms with Crippen LogP contribution in [-0.4, -0.2) is 17.1 Å². The minimum Gasteiger partial charge on any atom is -0.396 e. The first kappa shape index (κ1) is 11.8. The molecule has 0 saturated heterocycles. The standard InChI is InChI=1S/C12H21N3/c1-6-15(12(3,4)5)11-10(13)9(2)7-8-14-11/h7-8H,6,13H2,1-5H3. The monoisotopic (exact) mass is 207 g/mol. The highest BCUT2D eigenvalue weighted by atomic mass is 15.2. The zero-order valence-electron chi connectivity index (χ0n) is 10.3. The van der Waals surface area contributed by atoms with Gasteiger partial charge in [0.15, 0.2) is 5.82 Å². The van der Waals surface area contributed by atoms with Crippen LogP contribution in [0.3, 0.4) is 0 Å². The van der Waals surface area contributed by atoms with Gasteiger partial charge in [-0.2, -0.15) is 0 Å². The van der Waals surface area contributed by atoms with E-state index < -0.39 is 0 Å². The summed E-state index contributed by atoms with van der Waals surface area (Å²) in [5, 5.41) is 0. The number of nitrogens with two attached hydrogens (primary N) is 1. The van der Waals surface area contributed by atoms with E-state index in [2.05, 4.69) is 37.6 Å². The van der Waals surface area contributed by atoms with Gasteiger partial charge in [0.05, 0.1) is 5.69 Å². The maximum Gasteiger partial charge on any atom is 0.152 e. The molecular formula is C12H21N3. The third kappa shape index (κ3) is 2.41. The van der Waals surface area contributed by atoms with Crippen molar-refractivity contribution >= 4 is 11.5 Å². The van der Waals surface area contributed by atoms with Gasteiger partial charge in [0.1, 0.15) is 0 Å². The van der Waals surface area contributed by atoms with Crippen molar-refractivity contribution in [2.75, 3.05) is 17.2 Å². The Bertz CT molecular complexity index is 339. The number of aromatic nitrogens is 1. The fourth-order valence-electron chi connectivity index (χ4n) is 1.71. The van der Waals surface area contributed by atoms with E-state index in [-0.39, 0.29) is 5.54 Å². The molecular weight excluding hydrogens is 186 g/mol. The lowest BCUT2D eigenvalue weighted by Crippen LogP contribution is -2.42. The van der Waals surface area contributed by atoms with Gasteiger partial charge in [-0.3, -0.25) is 0 Å². The quantitative estimate of drug-likeness (QED) is 0.810. The Balaban J connectivity index is 3.19. The molecule has 0 atom stereocenters. The largest absolute Gasteiger partial charge is 0.396 e. The highest BCUT2D eigenvalue weighted by Gasteiger charge is 2.23. The molecule has 2 N–H and O–H groups in total. The summed E-state index contributed by atoms with van der Waals surface area (Å²) in [5.41, 5.74) is 7.97. The molecule has 0 aromatic carbocycles. The third-order valence-corrected chi connectivity index (χ3v) is 2.57. The van der Waals surface area contributed by atoms with Gasteiger partial charge in [0.25, 0.3) is 0 Å². The minimum atomic E-state index is 0.0453. The van der Waals surface area contributed by atoms with Crippen molar-refractivity contribution in [3.63, 3.8) is 0 Å². The first-order valence-corrected chi connectivity index (χ1v) is 5.36. The van der Waals surface area contributed by atoms with Gasteiger partial charge in [-0.05, 0) is 46.2 Å². The first-order valence-electron chi connectivity index (χ1n) is 5.36. The van der Waals surface area contributed by atoms with E-state index in [1.54, 1.807) is 0 Å². The van der Waals surface area contributed by atoms with Crippen LogP contribution in [0.15, 0.2) is 12.3 Å². The highest BCUT2D eigenvalue weighted by Crippen LogP contribution is 2.28. The summed E-state index contributed by atoms with van der Waals surface area (Å²) >= 11 is 0. The van der Waals surface area contributed by atoms with Crippen LogP contribution < -0.4 is 10.6 Å². The lowest BCUT2D eigenvalue weighted by molar-refractivity contribution is 0.509. The average Bonchev–Trinajstić information content (AvgIpc) is 2.11. The Kier molecular flexibility index (Phi) is 3.22. The van der Waals surface area contributed by atoms with Crippen LogP contribution in [0.4, 0.5) is 11.5 Å². The Morgan fingerprint density at radius 3 is 2.47 bits per heavy atom. The number of nitrogens with zero attached hydrogens (tertiary/aromatic N) is 2. The number of pyridine rings is 1. The Morgan fingerprint density at radius 2 is 2.00 bits per heavy atom. The van der Waals surface area contributed by atoms with E-state index in [4.69, 9.17) is 5.73 Å². The SMILES string of the molecule is CCN(c1nccc(C)c1N)C(C)(C)C. The minimum absolute atomic E-state index is 0.0453. The summed E-state index contributed by atoms with van der Waals surface area (Å²) in [4.78, 5) is 6.60. The molecule has 15 heavy (non-hydrogen) atoms. The van der Waals surface area contributed by atoms with E-state index in [9.17, 15) is 0 Å². The highest BCUT2D eigenvalue weighted by molar-refractivity contribution is 5.67. The van der Waals surface area contributed by atoms with Gasteiger partial charge in [0.2, 0.25) is 0 Å². The molecule has 1 rings (SSSR count). The smallest absolute Gasteiger partial charge is 0.152 e. The van der Waals surface area contributed by atoms with Crippen molar-refractivity contribution < 1.29 is 0 Å². The van der Waals surface area contributed by atoms with Gasteiger partial charge in [-0.25, -0.2) is 4.98 Å². The Hall–Kier alpha value is -1.25. The lowest BCUT2D eigenvalue weighted by atomic mass is 10.1. The van der Waals surface area contributed by atoms with Crippen LogP contribution in [0.1, 0.15) is 33.3 Å². The van der Waals surface area contributed by atoms with Crippen LogP contribution in [0.5, 0.6) is 0 Å². The molecule has 1 aromatic rings. The van der Waals surface area contributed by atoms with Crippen molar-refractivity contribution in [3.8, 4) is 0 Å². The number of anilines is 2. The van der Waals surface area contributed by atoms with Crippen LogP contribution in [0, 0.1) is 6.92 Å². The van der Waals surface area contributed by atoms with Gasteiger partial charge in [0, 0.05) is 18.3 Å². The predicted molar refractivity (Wildman–Crippen MR) is 66.2 cm³/mol. The second kappa shape index (κ2) is 4.09. The molecule has 0 aliphatic carbocycles. The molecule has 3 nitrogen and oxygen atoms in total. The molecule has 0 saturated carbocycles. The van der Waals surface area contributed by atoms with Crippen molar-refractivity contribution in [2.24, 2.45) is 0 Å². The summed E-state index contributed by atoms with van der Waals surface area (Å²) in [5.74, 6) is 0.894. The van der Waals surface area contributed by atoms with Crippen molar-refractivity contribution in [1.29, 1.82) is 0 Å². The number of hydrogen-bond acceptors (Lipinski definition) is 3. The van der Waals surface area contributed by atoms with Crippen molar-refractivity contribution in [3.05, 3.63) is 17.8 Å². The van der Waals surface area contributed by atoms with Crippen LogP contribution in [0.25, 0.3) is 0 Å². The molecule has 0 amide bonds. The van der Waals surface area contributed by atoms with E-state index in [0.717, 1.165) is 23.6 Å². The van der Waals surface area contributed by atoms with E-state index in [1.165, 1.54) is 0 Å². The molecule has 84 valence electrons. The maximum absolute atomic E-state index is 6.05. The normalized spacial score (nSPS) is 11.5. The number of aryl methyl sites for hydroxylation is 1. The molecule has 0 spiro atoms. The first-order chi connectivity index (χ1) is 6.88. The molecule has 0 radical (unpaired) electrons. The van der Waals surface area contributed by atoms with Gasteiger partial charge >= 0.3 is 0 Å². The fraction of sp³-hybridized carbons (Fsp3) is 0.583. The van der Waals surface area contributed by atoms with E-state index in [0.29, 0.717) is 0 Å². The zero-order valence-corrected chi connectivity index (χ0v) is 10.3. The second-order valence-corrected chi connectivity index (χ2v) is 4.78. The maximum atomic E-state index is 6.05. The number of hydrogen-bond donors (Lipinski definition) is 1. The Labute approximate surface area is 92.3 Å². The molecule has 0 aliphatic rings. The van der Waals surface area contributed by atoms with E-state index >= 15 is 0 Å².